The molecule has 4 rings (SSSR count). The third kappa shape index (κ3) is 3.38. The normalized spacial score (nSPS) is 14.4. The summed E-state index contributed by atoms with van der Waals surface area (Å²) in [6, 6.07) is 12.6. The van der Waals surface area contributed by atoms with E-state index in [2.05, 4.69) is 10.3 Å². The van der Waals surface area contributed by atoms with Crippen molar-refractivity contribution in [2.24, 2.45) is 0 Å². The Labute approximate surface area is 156 Å². The number of aromatic nitrogens is 1. The summed E-state index contributed by atoms with van der Waals surface area (Å²) in [5, 5.41) is 3.51. The van der Waals surface area contributed by atoms with Crippen molar-refractivity contribution in [2.75, 3.05) is 13.2 Å². The van der Waals surface area contributed by atoms with Crippen LogP contribution in [0, 0.1) is 0 Å². The molecule has 2 N–H and O–H groups in total. The van der Waals surface area contributed by atoms with Gasteiger partial charge < -0.3 is 19.8 Å². The van der Waals surface area contributed by atoms with E-state index in [1.807, 2.05) is 49.4 Å². The van der Waals surface area contributed by atoms with Gasteiger partial charge in [-0.05, 0) is 30.7 Å². The number of para-hydroxylation sites is 1. The predicted octanol–water partition coefficient (Wildman–Crippen LogP) is 3.39. The number of hydrogen-bond donors (Lipinski definition) is 2. The van der Waals surface area contributed by atoms with Gasteiger partial charge in [0.2, 0.25) is 0 Å². The number of benzene rings is 2. The van der Waals surface area contributed by atoms with E-state index in [0.717, 1.165) is 22.9 Å². The van der Waals surface area contributed by atoms with Crippen LogP contribution in [0.2, 0.25) is 0 Å². The van der Waals surface area contributed by atoms with E-state index in [1.54, 1.807) is 6.20 Å². The number of ketones is 1. The number of hydrogen-bond acceptors (Lipinski definition) is 4. The van der Waals surface area contributed by atoms with E-state index in [1.165, 1.54) is 0 Å². The molecule has 2 aromatic carbocycles. The molecule has 1 aromatic heterocycles. The highest BCUT2D eigenvalue weighted by Crippen LogP contribution is 2.32. The topological polar surface area (TPSA) is 80.4 Å². The second-order valence-corrected chi connectivity index (χ2v) is 6.53. The summed E-state index contributed by atoms with van der Waals surface area (Å²) < 4.78 is 11.3. The van der Waals surface area contributed by atoms with Crippen molar-refractivity contribution in [2.45, 2.75) is 19.4 Å². The lowest BCUT2D eigenvalue weighted by molar-refractivity contribution is -0.117. The lowest BCUT2D eigenvalue weighted by Gasteiger charge is -2.16. The molecule has 0 spiro atoms. The Bertz CT molecular complexity index is 1010. The van der Waals surface area contributed by atoms with Crippen molar-refractivity contribution >= 4 is 22.6 Å². The number of carbonyl (C=O) groups is 2. The Morgan fingerprint density at radius 3 is 2.70 bits per heavy atom. The van der Waals surface area contributed by atoms with Gasteiger partial charge in [0.25, 0.3) is 11.7 Å². The minimum Gasteiger partial charge on any atom is -0.490 e. The zero-order chi connectivity index (χ0) is 18.8. The van der Waals surface area contributed by atoms with Gasteiger partial charge in [-0.25, -0.2) is 0 Å². The molecule has 0 radical (unpaired) electrons. The highest BCUT2D eigenvalue weighted by molar-refractivity contribution is 6.45. The molecule has 138 valence electrons. The van der Waals surface area contributed by atoms with Crippen LogP contribution in [-0.2, 0) is 4.79 Å². The van der Waals surface area contributed by atoms with E-state index in [-0.39, 0.29) is 6.04 Å². The molecular formula is C21H20N2O4. The van der Waals surface area contributed by atoms with Gasteiger partial charge in [0.15, 0.2) is 11.5 Å². The lowest BCUT2D eigenvalue weighted by Crippen LogP contribution is -2.33. The molecule has 0 unspecified atom stereocenters. The van der Waals surface area contributed by atoms with Crippen molar-refractivity contribution in [3.8, 4) is 11.5 Å². The maximum atomic E-state index is 12.6. The van der Waals surface area contributed by atoms with Crippen molar-refractivity contribution in [1.29, 1.82) is 0 Å². The number of fused-ring (bicyclic) bond motifs is 2. The molecule has 1 aliphatic rings. The molecule has 0 saturated carbocycles. The first kappa shape index (κ1) is 17.1. The molecule has 1 aliphatic heterocycles. The van der Waals surface area contributed by atoms with Crippen molar-refractivity contribution in [3.63, 3.8) is 0 Å². The quantitative estimate of drug-likeness (QED) is 0.549. The van der Waals surface area contributed by atoms with Crippen LogP contribution >= 0.6 is 0 Å². The Balaban J connectivity index is 1.50. The van der Waals surface area contributed by atoms with Crippen LogP contribution < -0.4 is 14.8 Å². The number of carbonyl (C=O) groups excluding carboxylic acids is 2. The number of H-pyrrole nitrogens is 1. The van der Waals surface area contributed by atoms with Crippen LogP contribution in [0.5, 0.6) is 11.5 Å². The van der Waals surface area contributed by atoms with E-state index in [4.69, 9.17) is 9.47 Å². The first-order valence-electron chi connectivity index (χ1n) is 8.94. The van der Waals surface area contributed by atoms with Crippen molar-refractivity contribution < 1.29 is 19.1 Å². The first-order valence-corrected chi connectivity index (χ1v) is 8.94. The smallest absolute Gasteiger partial charge is 0.292 e. The van der Waals surface area contributed by atoms with E-state index >= 15 is 0 Å². The second kappa shape index (κ2) is 7.15. The zero-order valence-electron chi connectivity index (χ0n) is 15.0. The molecule has 0 saturated heterocycles. The zero-order valence-corrected chi connectivity index (χ0v) is 15.0. The fourth-order valence-electron chi connectivity index (χ4n) is 3.18. The molecule has 0 fully saturated rings. The Kier molecular flexibility index (Phi) is 4.54. The summed E-state index contributed by atoms with van der Waals surface area (Å²) in [7, 11) is 0. The van der Waals surface area contributed by atoms with Crippen LogP contribution in [0.4, 0.5) is 0 Å². The molecule has 0 bridgehead atoms. The Morgan fingerprint density at radius 1 is 1.07 bits per heavy atom. The van der Waals surface area contributed by atoms with Gasteiger partial charge >= 0.3 is 0 Å². The van der Waals surface area contributed by atoms with Gasteiger partial charge in [-0.3, -0.25) is 9.59 Å². The van der Waals surface area contributed by atoms with Gasteiger partial charge in [-0.15, -0.1) is 0 Å². The minimum absolute atomic E-state index is 0.344. The summed E-state index contributed by atoms with van der Waals surface area (Å²) in [4.78, 5) is 28.1. The van der Waals surface area contributed by atoms with Crippen molar-refractivity contribution in [1.82, 2.24) is 10.3 Å². The third-order valence-corrected chi connectivity index (χ3v) is 4.66. The molecule has 6 nitrogen and oxygen atoms in total. The summed E-state index contributed by atoms with van der Waals surface area (Å²) in [5.41, 5.74) is 2.04. The highest BCUT2D eigenvalue weighted by Gasteiger charge is 2.22. The van der Waals surface area contributed by atoms with Crippen molar-refractivity contribution in [3.05, 3.63) is 59.8 Å². The summed E-state index contributed by atoms with van der Waals surface area (Å²) in [6.07, 6.45) is 2.40. The molecule has 1 atom stereocenters. The number of rotatable bonds is 4. The molecule has 1 amide bonds. The molecule has 2 heterocycles. The van der Waals surface area contributed by atoms with Crippen LogP contribution in [0.3, 0.4) is 0 Å². The summed E-state index contributed by atoms with van der Waals surface area (Å²) >= 11 is 0. The number of amides is 1. The van der Waals surface area contributed by atoms with Crippen LogP contribution in [0.15, 0.2) is 48.7 Å². The SMILES string of the molecule is C[C@@H](NC(=O)C(=O)c1c[nH]c2ccccc12)c1ccc2c(c1)OCCCO2. The fourth-order valence-corrected chi connectivity index (χ4v) is 3.18. The molecular weight excluding hydrogens is 344 g/mol. The Hall–Kier alpha value is -3.28. The van der Waals surface area contributed by atoms with Gasteiger partial charge in [-0.2, -0.15) is 0 Å². The van der Waals surface area contributed by atoms with Gasteiger partial charge in [0, 0.05) is 23.5 Å². The third-order valence-electron chi connectivity index (χ3n) is 4.66. The molecule has 27 heavy (non-hydrogen) atoms. The number of aromatic amines is 1. The monoisotopic (exact) mass is 364 g/mol. The second-order valence-electron chi connectivity index (χ2n) is 6.53. The van der Waals surface area contributed by atoms with E-state index in [9.17, 15) is 9.59 Å². The largest absolute Gasteiger partial charge is 0.490 e. The van der Waals surface area contributed by atoms with Gasteiger partial charge in [-0.1, -0.05) is 24.3 Å². The lowest BCUT2D eigenvalue weighted by atomic mass is 10.1. The average molecular weight is 364 g/mol. The predicted molar refractivity (Wildman–Crippen MR) is 101 cm³/mol. The molecule has 3 aromatic rings. The number of ether oxygens (including phenoxy) is 2. The molecule has 6 heteroatoms. The van der Waals surface area contributed by atoms with E-state index < -0.39 is 11.7 Å². The van der Waals surface area contributed by atoms with Gasteiger partial charge in [0.1, 0.15) is 0 Å². The van der Waals surface area contributed by atoms with Crippen LogP contribution in [0.25, 0.3) is 10.9 Å². The van der Waals surface area contributed by atoms with E-state index in [0.29, 0.717) is 30.3 Å². The minimum atomic E-state index is -0.639. The van der Waals surface area contributed by atoms with Gasteiger partial charge in [0.05, 0.1) is 24.8 Å². The highest BCUT2D eigenvalue weighted by atomic mass is 16.5. The molecule has 0 aliphatic carbocycles. The van der Waals surface area contributed by atoms with Crippen LogP contribution in [-0.4, -0.2) is 29.9 Å². The fraction of sp³-hybridized carbons (Fsp3) is 0.238. The summed E-state index contributed by atoms with van der Waals surface area (Å²) in [5.74, 6) is 0.159. The number of Topliss-reactive ketones (excluding diaryl/α,β-unsaturated/α-hetero) is 1. The average Bonchev–Trinajstić information content (AvgIpc) is 2.97. The standard InChI is InChI=1S/C21H20N2O4/c1-13(14-7-8-18-19(11-14)27-10-4-9-26-18)23-21(25)20(24)16-12-22-17-6-3-2-5-15(16)17/h2-3,5-8,11-13,22H,4,9-10H2,1H3,(H,23,25)/t13-/m1/s1. The number of nitrogens with one attached hydrogen (secondary N) is 2. The maximum absolute atomic E-state index is 12.6. The van der Waals surface area contributed by atoms with Crippen LogP contribution in [0.1, 0.15) is 35.3 Å². The Morgan fingerprint density at radius 2 is 1.85 bits per heavy atom. The summed E-state index contributed by atoms with van der Waals surface area (Å²) in [6.45, 7) is 3.05. The maximum Gasteiger partial charge on any atom is 0.292 e. The first-order chi connectivity index (χ1) is 13.1.